The molecule has 0 spiro atoms. The Morgan fingerprint density at radius 2 is 2.06 bits per heavy atom. The summed E-state index contributed by atoms with van der Waals surface area (Å²) < 4.78 is 26.0. The van der Waals surface area contributed by atoms with E-state index in [4.69, 9.17) is 0 Å². The standard InChI is InChI=1S/C12H17F2NO/c1-3-10(16)7-15-8(2)11-5-4-9(13)6-12(11)14/h4-6,8,10,15-16H,3,7H2,1-2H3/t8-,10+/m0/s1. The van der Waals surface area contributed by atoms with Gasteiger partial charge in [0.25, 0.3) is 0 Å². The predicted octanol–water partition coefficient (Wildman–Crippen LogP) is 2.39. The molecule has 1 aromatic rings. The Morgan fingerprint density at radius 3 is 2.62 bits per heavy atom. The molecule has 90 valence electrons. The van der Waals surface area contributed by atoms with E-state index in [-0.39, 0.29) is 6.04 Å². The van der Waals surface area contributed by atoms with Crippen LogP contribution < -0.4 is 5.32 Å². The van der Waals surface area contributed by atoms with Crippen molar-refractivity contribution in [1.29, 1.82) is 0 Å². The second-order valence-electron chi connectivity index (χ2n) is 3.86. The van der Waals surface area contributed by atoms with Crippen LogP contribution in [-0.2, 0) is 0 Å². The molecule has 16 heavy (non-hydrogen) atoms. The lowest BCUT2D eigenvalue weighted by Gasteiger charge is -2.17. The number of aliphatic hydroxyl groups excluding tert-OH is 1. The lowest BCUT2D eigenvalue weighted by atomic mass is 10.1. The van der Waals surface area contributed by atoms with E-state index in [2.05, 4.69) is 5.32 Å². The fraction of sp³-hybridized carbons (Fsp3) is 0.500. The molecule has 0 saturated heterocycles. The van der Waals surface area contributed by atoms with Gasteiger partial charge < -0.3 is 10.4 Å². The number of hydrogen-bond donors (Lipinski definition) is 2. The minimum atomic E-state index is -0.581. The van der Waals surface area contributed by atoms with E-state index in [0.29, 0.717) is 18.5 Å². The first kappa shape index (κ1) is 13.1. The molecule has 0 aromatic heterocycles. The van der Waals surface area contributed by atoms with Crippen LogP contribution in [-0.4, -0.2) is 17.8 Å². The Hall–Kier alpha value is -1.00. The van der Waals surface area contributed by atoms with Crippen molar-refractivity contribution in [2.24, 2.45) is 0 Å². The predicted molar refractivity (Wildman–Crippen MR) is 59.1 cm³/mol. The van der Waals surface area contributed by atoms with Gasteiger partial charge in [0.2, 0.25) is 0 Å². The fourth-order valence-corrected chi connectivity index (χ4v) is 1.42. The quantitative estimate of drug-likeness (QED) is 0.812. The summed E-state index contributed by atoms with van der Waals surface area (Å²) in [5.41, 5.74) is 0.407. The molecule has 0 bridgehead atoms. The number of nitrogens with one attached hydrogen (secondary N) is 1. The molecule has 0 aliphatic heterocycles. The Bertz CT molecular complexity index is 344. The summed E-state index contributed by atoms with van der Waals surface area (Å²) in [6.07, 6.45) is 0.206. The van der Waals surface area contributed by atoms with Crippen LogP contribution in [0.2, 0.25) is 0 Å². The Morgan fingerprint density at radius 1 is 1.38 bits per heavy atom. The minimum absolute atomic E-state index is 0.248. The van der Waals surface area contributed by atoms with Gasteiger partial charge in [-0.05, 0) is 19.4 Å². The van der Waals surface area contributed by atoms with E-state index < -0.39 is 17.7 Å². The van der Waals surface area contributed by atoms with Crippen LogP contribution in [0.25, 0.3) is 0 Å². The van der Waals surface area contributed by atoms with Gasteiger partial charge >= 0.3 is 0 Å². The van der Waals surface area contributed by atoms with E-state index >= 15 is 0 Å². The molecule has 0 heterocycles. The van der Waals surface area contributed by atoms with Crippen molar-refractivity contribution in [2.75, 3.05) is 6.54 Å². The summed E-state index contributed by atoms with van der Waals surface area (Å²) in [6, 6.07) is 3.26. The zero-order chi connectivity index (χ0) is 12.1. The molecule has 0 fully saturated rings. The summed E-state index contributed by atoms with van der Waals surface area (Å²) in [4.78, 5) is 0. The van der Waals surface area contributed by atoms with Crippen LogP contribution in [0.1, 0.15) is 31.9 Å². The van der Waals surface area contributed by atoms with Crippen LogP contribution in [0, 0.1) is 11.6 Å². The summed E-state index contributed by atoms with van der Waals surface area (Å²) in [7, 11) is 0. The second-order valence-corrected chi connectivity index (χ2v) is 3.86. The van der Waals surface area contributed by atoms with Crippen molar-refractivity contribution in [3.05, 3.63) is 35.4 Å². The first-order chi connectivity index (χ1) is 7.54. The van der Waals surface area contributed by atoms with Gasteiger partial charge in [-0.25, -0.2) is 8.78 Å². The van der Waals surface area contributed by atoms with Gasteiger partial charge in [-0.1, -0.05) is 13.0 Å². The van der Waals surface area contributed by atoms with E-state index in [0.717, 1.165) is 6.07 Å². The van der Waals surface area contributed by atoms with E-state index in [1.807, 2.05) is 6.92 Å². The molecule has 0 radical (unpaired) electrons. The summed E-state index contributed by atoms with van der Waals surface area (Å²) in [5, 5.41) is 12.3. The average molecular weight is 229 g/mol. The maximum Gasteiger partial charge on any atom is 0.130 e. The number of benzene rings is 1. The molecule has 0 aliphatic rings. The third-order valence-corrected chi connectivity index (χ3v) is 2.56. The maximum absolute atomic E-state index is 13.4. The Balaban J connectivity index is 2.62. The monoisotopic (exact) mass is 229 g/mol. The number of halogens is 2. The summed E-state index contributed by atoms with van der Waals surface area (Å²) in [6.45, 7) is 4.04. The molecule has 1 rings (SSSR count). The Labute approximate surface area is 94.3 Å². The van der Waals surface area contributed by atoms with Crippen LogP contribution in [0.5, 0.6) is 0 Å². The van der Waals surface area contributed by atoms with Crippen molar-refractivity contribution in [3.63, 3.8) is 0 Å². The van der Waals surface area contributed by atoms with Crippen LogP contribution >= 0.6 is 0 Å². The summed E-state index contributed by atoms with van der Waals surface area (Å²) in [5.74, 6) is -1.15. The van der Waals surface area contributed by atoms with E-state index in [9.17, 15) is 13.9 Å². The third kappa shape index (κ3) is 3.54. The minimum Gasteiger partial charge on any atom is -0.392 e. The highest BCUT2D eigenvalue weighted by Crippen LogP contribution is 2.17. The number of rotatable bonds is 5. The van der Waals surface area contributed by atoms with Gasteiger partial charge in [-0.15, -0.1) is 0 Å². The first-order valence-corrected chi connectivity index (χ1v) is 5.41. The molecule has 1 aromatic carbocycles. The lowest BCUT2D eigenvalue weighted by Crippen LogP contribution is -2.29. The molecular formula is C12H17F2NO. The highest BCUT2D eigenvalue weighted by Gasteiger charge is 2.12. The largest absolute Gasteiger partial charge is 0.392 e. The zero-order valence-electron chi connectivity index (χ0n) is 9.50. The van der Waals surface area contributed by atoms with Gasteiger partial charge in [0.15, 0.2) is 0 Å². The molecule has 4 heteroatoms. The SMILES string of the molecule is CC[C@@H](O)CN[C@@H](C)c1ccc(F)cc1F. The smallest absolute Gasteiger partial charge is 0.130 e. The van der Waals surface area contributed by atoms with E-state index in [1.54, 1.807) is 6.92 Å². The highest BCUT2D eigenvalue weighted by molar-refractivity contribution is 5.21. The molecule has 2 N–H and O–H groups in total. The van der Waals surface area contributed by atoms with Crippen molar-refractivity contribution < 1.29 is 13.9 Å². The van der Waals surface area contributed by atoms with Crippen LogP contribution in [0.4, 0.5) is 8.78 Å². The molecule has 2 atom stereocenters. The highest BCUT2D eigenvalue weighted by atomic mass is 19.1. The lowest BCUT2D eigenvalue weighted by molar-refractivity contribution is 0.163. The average Bonchev–Trinajstić information content (AvgIpc) is 2.25. The number of hydrogen-bond acceptors (Lipinski definition) is 2. The van der Waals surface area contributed by atoms with Gasteiger partial charge in [0, 0.05) is 24.2 Å². The van der Waals surface area contributed by atoms with Gasteiger partial charge in [-0.2, -0.15) is 0 Å². The van der Waals surface area contributed by atoms with Crippen LogP contribution in [0.3, 0.4) is 0 Å². The van der Waals surface area contributed by atoms with Crippen molar-refractivity contribution in [3.8, 4) is 0 Å². The Kier molecular flexibility index (Phi) is 4.83. The summed E-state index contributed by atoms with van der Waals surface area (Å²) >= 11 is 0. The molecule has 2 nitrogen and oxygen atoms in total. The second kappa shape index (κ2) is 5.92. The normalized spacial score (nSPS) is 14.8. The van der Waals surface area contributed by atoms with Gasteiger partial charge in [-0.3, -0.25) is 0 Å². The molecular weight excluding hydrogens is 212 g/mol. The van der Waals surface area contributed by atoms with Gasteiger partial charge in [0.05, 0.1) is 6.10 Å². The van der Waals surface area contributed by atoms with Crippen LogP contribution in [0.15, 0.2) is 18.2 Å². The topological polar surface area (TPSA) is 32.3 Å². The maximum atomic E-state index is 13.4. The molecule has 0 saturated carbocycles. The van der Waals surface area contributed by atoms with E-state index in [1.165, 1.54) is 12.1 Å². The van der Waals surface area contributed by atoms with Gasteiger partial charge in [0.1, 0.15) is 11.6 Å². The molecule has 0 amide bonds. The fourth-order valence-electron chi connectivity index (χ4n) is 1.42. The first-order valence-electron chi connectivity index (χ1n) is 5.41. The van der Waals surface area contributed by atoms with Crippen molar-refractivity contribution in [2.45, 2.75) is 32.4 Å². The number of aliphatic hydroxyl groups is 1. The molecule has 0 aliphatic carbocycles. The van der Waals surface area contributed by atoms with Crippen molar-refractivity contribution in [1.82, 2.24) is 5.32 Å². The third-order valence-electron chi connectivity index (χ3n) is 2.56. The van der Waals surface area contributed by atoms with Crippen molar-refractivity contribution >= 4 is 0 Å². The zero-order valence-corrected chi connectivity index (χ0v) is 9.50. The molecule has 0 unspecified atom stereocenters.